The Labute approximate surface area is 147 Å². The first kappa shape index (κ1) is 15.3. The molecule has 3 heterocycles. The molecule has 1 saturated heterocycles. The molecule has 2 aromatic heterocycles. The van der Waals surface area contributed by atoms with Crippen LogP contribution >= 0.6 is 0 Å². The van der Waals surface area contributed by atoms with Gasteiger partial charge in [0.05, 0.1) is 0 Å². The minimum atomic E-state index is 0.0620. The van der Waals surface area contributed by atoms with Crippen molar-refractivity contribution in [2.75, 3.05) is 18.4 Å². The molecule has 5 rings (SSSR count). The predicted octanol–water partition coefficient (Wildman–Crippen LogP) is 2.72. The van der Waals surface area contributed by atoms with Crippen molar-refractivity contribution in [2.45, 2.75) is 50.9 Å². The minimum absolute atomic E-state index is 0.0620. The molecule has 6 heteroatoms. The highest BCUT2D eigenvalue weighted by molar-refractivity contribution is 5.92. The van der Waals surface area contributed by atoms with Crippen molar-refractivity contribution in [3.63, 3.8) is 0 Å². The number of carbonyl (C=O) groups is 1. The first-order valence-electron chi connectivity index (χ1n) is 9.60. The zero-order valence-corrected chi connectivity index (χ0v) is 14.5. The molecule has 2 aliphatic carbocycles. The fourth-order valence-corrected chi connectivity index (χ4v) is 4.72. The van der Waals surface area contributed by atoms with Gasteiger partial charge in [0.2, 0.25) is 11.9 Å². The van der Waals surface area contributed by atoms with E-state index in [1.807, 2.05) is 10.6 Å². The van der Waals surface area contributed by atoms with Crippen LogP contribution in [0, 0.1) is 11.3 Å². The lowest BCUT2D eigenvalue weighted by Crippen LogP contribution is -2.35. The van der Waals surface area contributed by atoms with Crippen molar-refractivity contribution < 1.29 is 4.79 Å². The van der Waals surface area contributed by atoms with Gasteiger partial charge in [0.1, 0.15) is 0 Å². The van der Waals surface area contributed by atoms with Crippen LogP contribution in [0.15, 0.2) is 18.2 Å². The third-order valence-electron chi connectivity index (χ3n) is 6.36. The summed E-state index contributed by atoms with van der Waals surface area (Å²) in [6.07, 6.45) is 8.35. The molecule has 0 radical (unpaired) electrons. The highest BCUT2D eigenvalue weighted by Crippen LogP contribution is 2.51. The smallest absolute Gasteiger partial charge is 0.249 e. The van der Waals surface area contributed by atoms with E-state index in [9.17, 15) is 4.79 Å². The topological polar surface area (TPSA) is 71.3 Å². The Kier molecular flexibility index (Phi) is 3.55. The Morgan fingerprint density at radius 3 is 2.84 bits per heavy atom. The van der Waals surface area contributed by atoms with Gasteiger partial charge in [-0.05, 0) is 75.6 Å². The van der Waals surface area contributed by atoms with E-state index in [-0.39, 0.29) is 11.8 Å². The van der Waals surface area contributed by atoms with Crippen LogP contribution in [0.5, 0.6) is 0 Å². The van der Waals surface area contributed by atoms with E-state index in [0.29, 0.717) is 17.3 Å². The van der Waals surface area contributed by atoms with Gasteiger partial charge < -0.3 is 5.32 Å². The minimum Gasteiger partial charge on any atom is -0.317 e. The molecular formula is C19H25N5O. The molecule has 2 N–H and O–H groups in total. The number of nitrogens with one attached hydrogen (secondary N) is 2. The number of piperidine rings is 1. The Hall–Kier alpha value is -1.95. The first-order valence-corrected chi connectivity index (χ1v) is 9.60. The number of hydrogen-bond acceptors (Lipinski definition) is 4. The van der Waals surface area contributed by atoms with Gasteiger partial charge >= 0.3 is 0 Å². The number of anilines is 1. The van der Waals surface area contributed by atoms with Crippen LogP contribution in [0.2, 0.25) is 0 Å². The normalized spacial score (nSPS) is 25.5. The Morgan fingerprint density at radius 2 is 2.04 bits per heavy atom. The Morgan fingerprint density at radius 1 is 1.20 bits per heavy atom. The summed E-state index contributed by atoms with van der Waals surface area (Å²) < 4.78 is 1.95. The van der Waals surface area contributed by atoms with E-state index < -0.39 is 0 Å². The molecule has 2 aromatic rings. The van der Waals surface area contributed by atoms with Crippen LogP contribution in [0.1, 0.15) is 56.6 Å². The first-order chi connectivity index (χ1) is 12.2. The monoisotopic (exact) mass is 339 g/mol. The van der Waals surface area contributed by atoms with Gasteiger partial charge in [0.25, 0.3) is 0 Å². The summed E-state index contributed by atoms with van der Waals surface area (Å²) in [4.78, 5) is 16.5. The number of rotatable bonds is 3. The van der Waals surface area contributed by atoms with E-state index >= 15 is 0 Å². The standard InChI is InChI=1S/C19H25N5O/c25-17(13-4-5-13)22-18-21-16-3-1-2-15(24(16)23-18)14-6-7-19(12-14)8-10-20-11-9-19/h1-3,13-14,20H,4-12H2,(H,22,23,25). The van der Waals surface area contributed by atoms with Crippen LogP contribution < -0.4 is 10.6 Å². The average molecular weight is 339 g/mol. The fraction of sp³-hybridized carbons (Fsp3) is 0.632. The van der Waals surface area contributed by atoms with Gasteiger partial charge in [0.15, 0.2) is 5.65 Å². The van der Waals surface area contributed by atoms with Crippen LogP contribution in [-0.4, -0.2) is 33.6 Å². The molecule has 25 heavy (non-hydrogen) atoms. The van der Waals surface area contributed by atoms with Gasteiger partial charge in [-0.3, -0.25) is 10.1 Å². The lowest BCUT2D eigenvalue weighted by atomic mass is 9.77. The highest BCUT2D eigenvalue weighted by atomic mass is 16.2. The molecule has 6 nitrogen and oxygen atoms in total. The van der Waals surface area contributed by atoms with Crippen LogP contribution in [0.4, 0.5) is 5.95 Å². The molecule has 0 aromatic carbocycles. The average Bonchev–Trinajstić information content (AvgIpc) is 3.29. The molecule has 3 fully saturated rings. The number of carbonyl (C=O) groups excluding carboxylic acids is 1. The molecular weight excluding hydrogens is 314 g/mol. The summed E-state index contributed by atoms with van der Waals surface area (Å²) in [5.74, 6) is 1.21. The molecule has 0 bridgehead atoms. The number of nitrogens with zero attached hydrogens (tertiary/aromatic N) is 3. The summed E-state index contributed by atoms with van der Waals surface area (Å²) in [7, 11) is 0. The zero-order valence-electron chi connectivity index (χ0n) is 14.5. The molecule has 1 unspecified atom stereocenters. The summed E-state index contributed by atoms with van der Waals surface area (Å²) in [6.45, 7) is 2.30. The molecule has 1 amide bonds. The molecule has 1 aliphatic heterocycles. The lowest BCUT2D eigenvalue weighted by Gasteiger charge is -2.34. The van der Waals surface area contributed by atoms with Crippen molar-refractivity contribution in [3.05, 3.63) is 23.9 Å². The van der Waals surface area contributed by atoms with Crippen LogP contribution in [-0.2, 0) is 4.79 Å². The molecule has 1 atom stereocenters. The van der Waals surface area contributed by atoms with Gasteiger partial charge in [-0.2, -0.15) is 4.98 Å². The SMILES string of the molecule is O=C(Nc1nc2cccc(C3CCC4(CCNCC4)C3)n2n1)C1CC1. The van der Waals surface area contributed by atoms with E-state index in [1.165, 1.54) is 37.8 Å². The van der Waals surface area contributed by atoms with Gasteiger partial charge in [-0.15, -0.1) is 5.10 Å². The summed E-state index contributed by atoms with van der Waals surface area (Å²) >= 11 is 0. The summed E-state index contributed by atoms with van der Waals surface area (Å²) in [6, 6.07) is 6.22. The molecule has 132 valence electrons. The zero-order chi connectivity index (χ0) is 16.9. The van der Waals surface area contributed by atoms with E-state index in [2.05, 4.69) is 32.8 Å². The lowest BCUT2D eigenvalue weighted by molar-refractivity contribution is -0.117. The highest BCUT2D eigenvalue weighted by Gasteiger charge is 2.41. The van der Waals surface area contributed by atoms with E-state index in [1.54, 1.807) is 0 Å². The number of hydrogen-bond donors (Lipinski definition) is 2. The number of amides is 1. The van der Waals surface area contributed by atoms with Crippen LogP contribution in [0.25, 0.3) is 5.65 Å². The molecule has 2 saturated carbocycles. The molecule has 1 spiro atoms. The van der Waals surface area contributed by atoms with E-state index in [0.717, 1.165) is 31.6 Å². The van der Waals surface area contributed by atoms with Crippen molar-refractivity contribution in [1.82, 2.24) is 19.9 Å². The molecule has 3 aliphatic rings. The van der Waals surface area contributed by atoms with Crippen molar-refractivity contribution in [2.24, 2.45) is 11.3 Å². The third-order valence-corrected chi connectivity index (χ3v) is 6.36. The fourth-order valence-electron chi connectivity index (χ4n) is 4.72. The van der Waals surface area contributed by atoms with Gasteiger partial charge in [0, 0.05) is 17.5 Å². The second kappa shape index (κ2) is 5.80. The van der Waals surface area contributed by atoms with Crippen molar-refractivity contribution in [3.8, 4) is 0 Å². The van der Waals surface area contributed by atoms with Gasteiger partial charge in [-0.25, -0.2) is 4.52 Å². The summed E-state index contributed by atoms with van der Waals surface area (Å²) in [5, 5.41) is 11.0. The Bertz CT molecular complexity index is 803. The maximum absolute atomic E-state index is 12.0. The number of pyridine rings is 1. The predicted molar refractivity (Wildman–Crippen MR) is 95.5 cm³/mol. The maximum atomic E-state index is 12.0. The summed E-state index contributed by atoms with van der Waals surface area (Å²) in [5.41, 5.74) is 2.59. The number of aromatic nitrogens is 3. The Balaban J connectivity index is 1.41. The second-order valence-corrected chi connectivity index (χ2v) is 8.11. The van der Waals surface area contributed by atoms with Crippen LogP contribution in [0.3, 0.4) is 0 Å². The largest absolute Gasteiger partial charge is 0.317 e. The van der Waals surface area contributed by atoms with Crippen molar-refractivity contribution in [1.29, 1.82) is 0 Å². The third kappa shape index (κ3) is 2.82. The number of fused-ring (bicyclic) bond motifs is 1. The maximum Gasteiger partial charge on any atom is 0.249 e. The van der Waals surface area contributed by atoms with E-state index in [4.69, 9.17) is 0 Å². The quantitative estimate of drug-likeness (QED) is 0.902. The van der Waals surface area contributed by atoms with Gasteiger partial charge in [-0.1, -0.05) is 6.07 Å². The van der Waals surface area contributed by atoms with Crippen molar-refractivity contribution >= 4 is 17.5 Å². The second-order valence-electron chi connectivity index (χ2n) is 8.11.